The molecule has 0 fully saturated rings. The summed E-state index contributed by atoms with van der Waals surface area (Å²) in [5, 5.41) is 13.4. The zero-order valence-corrected chi connectivity index (χ0v) is 14.1. The van der Waals surface area contributed by atoms with Crippen LogP contribution in [0, 0.1) is 15.9 Å². The molecule has 3 aromatic carbocycles. The monoisotopic (exact) mass is 362 g/mol. The second-order valence-electron chi connectivity index (χ2n) is 5.71. The fourth-order valence-corrected chi connectivity index (χ4v) is 2.51. The number of anilines is 1. The van der Waals surface area contributed by atoms with E-state index in [-0.39, 0.29) is 11.4 Å². The number of carbonyl (C=O) groups is 1. The first-order chi connectivity index (χ1) is 13.0. The Hall–Kier alpha value is -3.80. The number of non-ortho nitro benzene ring substituents is 1. The molecule has 0 saturated heterocycles. The van der Waals surface area contributed by atoms with Gasteiger partial charge in [-0.1, -0.05) is 42.5 Å². The Kier molecular flexibility index (Phi) is 5.37. The van der Waals surface area contributed by atoms with Gasteiger partial charge < -0.3 is 5.32 Å². The summed E-state index contributed by atoms with van der Waals surface area (Å²) in [6.07, 6.45) is 1.61. The van der Waals surface area contributed by atoms with Gasteiger partial charge in [-0.05, 0) is 41.5 Å². The van der Waals surface area contributed by atoms with Gasteiger partial charge in [-0.2, -0.15) is 0 Å². The molecule has 27 heavy (non-hydrogen) atoms. The van der Waals surface area contributed by atoms with Crippen LogP contribution in [0.1, 0.15) is 11.1 Å². The van der Waals surface area contributed by atoms with Gasteiger partial charge in [0.2, 0.25) is 0 Å². The Balaban J connectivity index is 1.97. The molecule has 3 aromatic rings. The van der Waals surface area contributed by atoms with E-state index in [1.165, 1.54) is 30.3 Å². The van der Waals surface area contributed by atoms with Crippen molar-refractivity contribution in [1.82, 2.24) is 0 Å². The summed E-state index contributed by atoms with van der Waals surface area (Å²) in [7, 11) is 0. The molecule has 0 spiro atoms. The summed E-state index contributed by atoms with van der Waals surface area (Å²) >= 11 is 0. The minimum Gasteiger partial charge on any atom is -0.319 e. The highest BCUT2D eigenvalue weighted by molar-refractivity contribution is 6.29. The highest BCUT2D eigenvalue weighted by Gasteiger charge is 2.14. The number of para-hydroxylation sites is 1. The average molecular weight is 362 g/mol. The number of nitro benzene ring substituents is 1. The van der Waals surface area contributed by atoms with Gasteiger partial charge in [-0.3, -0.25) is 14.9 Å². The fraction of sp³-hybridized carbons (Fsp3) is 0. The van der Waals surface area contributed by atoms with E-state index >= 15 is 0 Å². The van der Waals surface area contributed by atoms with Crippen LogP contribution in [0.25, 0.3) is 11.6 Å². The topological polar surface area (TPSA) is 72.2 Å². The van der Waals surface area contributed by atoms with Crippen molar-refractivity contribution in [2.75, 3.05) is 5.32 Å². The number of hydrogen-bond donors (Lipinski definition) is 1. The van der Waals surface area contributed by atoms with Gasteiger partial charge in [-0.25, -0.2) is 4.39 Å². The highest BCUT2D eigenvalue weighted by Crippen LogP contribution is 2.23. The lowest BCUT2D eigenvalue weighted by molar-refractivity contribution is -0.384. The van der Waals surface area contributed by atoms with Gasteiger partial charge in [0.25, 0.3) is 11.6 Å². The summed E-state index contributed by atoms with van der Waals surface area (Å²) in [4.78, 5) is 23.1. The van der Waals surface area contributed by atoms with Crippen LogP contribution in [0.3, 0.4) is 0 Å². The van der Waals surface area contributed by atoms with Gasteiger partial charge >= 0.3 is 0 Å². The Morgan fingerprint density at radius 1 is 0.926 bits per heavy atom. The molecule has 0 atom stereocenters. The molecular formula is C21H15FN2O3. The SMILES string of the molecule is O=C(Nc1ccccc1F)/C(=C/c1ccc([N+](=O)[O-])cc1)c1ccccc1. The van der Waals surface area contributed by atoms with Crippen molar-refractivity contribution < 1.29 is 14.1 Å². The third-order valence-corrected chi connectivity index (χ3v) is 3.87. The van der Waals surface area contributed by atoms with Crippen molar-refractivity contribution in [2.24, 2.45) is 0 Å². The van der Waals surface area contributed by atoms with E-state index < -0.39 is 16.6 Å². The summed E-state index contributed by atoms with van der Waals surface area (Å²) < 4.78 is 13.9. The van der Waals surface area contributed by atoms with Crippen LogP contribution in [0.5, 0.6) is 0 Å². The first kappa shape index (κ1) is 18.0. The van der Waals surface area contributed by atoms with Crippen LogP contribution in [-0.4, -0.2) is 10.8 Å². The molecule has 0 aromatic heterocycles. The molecule has 134 valence electrons. The van der Waals surface area contributed by atoms with Crippen molar-refractivity contribution in [3.8, 4) is 0 Å². The first-order valence-electron chi connectivity index (χ1n) is 8.12. The van der Waals surface area contributed by atoms with E-state index in [9.17, 15) is 19.3 Å². The maximum absolute atomic E-state index is 13.9. The Labute approximate surface area is 154 Å². The van der Waals surface area contributed by atoms with E-state index in [1.54, 1.807) is 48.5 Å². The van der Waals surface area contributed by atoms with E-state index in [1.807, 2.05) is 6.07 Å². The van der Waals surface area contributed by atoms with Crippen molar-refractivity contribution >= 4 is 28.9 Å². The van der Waals surface area contributed by atoms with Crippen LogP contribution in [0.4, 0.5) is 15.8 Å². The maximum atomic E-state index is 13.9. The molecule has 0 unspecified atom stereocenters. The number of halogens is 1. The molecule has 6 heteroatoms. The van der Waals surface area contributed by atoms with Crippen molar-refractivity contribution in [3.63, 3.8) is 0 Å². The molecule has 0 aliphatic rings. The minimum atomic E-state index is -0.534. The van der Waals surface area contributed by atoms with Gasteiger partial charge in [0.05, 0.1) is 10.6 Å². The smallest absolute Gasteiger partial charge is 0.269 e. The first-order valence-corrected chi connectivity index (χ1v) is 8.12. The highest BCUT2D eigenvalue weighted by atomic mass is 19.1. The van der Waals surface area contributed by atoms with Crippen LogP contribution in [0.15, 0.2) is 78.9 Å². The normalized spacial score (nSPS) is 11.1. The summed E-state index contributed by atoms with van der Waals surface area (Å²) in [6, 6.07) is 20.7. The Bertz CT molecular complexity index is 999. The third kappa shape index (κ3) is 4.43. The molecule has 5 nitrogen and oxygen atoms in total. The van der Waals surface area contributed by atoms with Crippen molar-refractivity contribution in [2.45, 2.75) is 0 Å². The number of carbonyl (C=O) groups excluding carboxylic acids is 1. The number of hydrogen-bond acceptors (Lipinski definition) is 3. The molecule has 1 N–H and O–H groups in total. The lowest BCUT2D eigenvalue weighted by Crippen LogP contribution is -2.14. The zero-order chi connectivity index (χ0) is 19.2. The van der Waals surface area contributed by atoms with Gasteiger partial charge in [0.15, 0.2) is 0 Å². The van der Waals surface area contributed by atoms with Gasteiger partial charge in [-0.15, -0.1) is 0 Å². The molecule has 0 aliphatic carbocycles. The van der Waals surface area contributed by atoms with Crippen LogP contribution in [-0.2, 0) is 4.79 Å². The van der Waals surface area contributed by atoms with Crippen molar-refractivity contribution in [1.29, 1.82) is 0 Å². The standard InChI is InChI=1S/C21H15FN2O3/c22-19-8-4-5-9-20(19)23-21(25)18(16-6-2-1-3-7-16)14-15-10-12-17(13-11-15)24(26)27/h1-14H,(H,23,25)/b18-14+. The van der Waals surface area contributed by atoms with Crippen LogP contribution < -0.4 is 5.32 Å². The van der Waals surface area contributed by atoms with E-state index in [4.69, 9.17) is 0 Å². The fourth-order valence-electron chi connectivity index (χ4n) is 2.51. The van der Waals surface area contributed by atoms with Crippen LogP contribution >= 0.6 is 0 Å². The number of nitrogens with one attached hydrogen (secondary N) is 1. The Morgan fingerprint density at radius 3 is 2.19 bits per heavy atom. The second kappa shape index (κ2) is 8.05. The zero-order valence-electron chi connectivity index (χ0n) is 14.1. The van der Waals surface area contributed by atoms with Crippen molar-refractivity contribution in [3.05, 3.63) is 106 Å². The molecule has 1 amide bonds. The lowest BCUT2D eigenvalue weighted by Gasteiger charge is -2.10. The van der Waals surface area contributed by atoms with E-state index in [0.29, 0.717) is 16.7 Å². The Morgan fingerprint density at radius 2 is 1.56 bits per heavy atom. The molecule has 0 bridgehead atoms. The number of rotatable bonds is 5. The molecular weight excluding hydrogens is 347 g/mol. The molecule has 0 aliphatic heterocycles. The molecule has 0 heterocycles. The molecule has 3 rings (SSSR count). The van der Waals surface area contributed by atoms with Gasteiger partial charge in [0, 0.05) is 17.7 Å². The summed E-state index contributed by atoms with van der Waals surface area (Å²) in [5.74, 6) is -1.02. The quantitative estimate of drug-likeness (QED) is 0.303. The lowest BCUT2D eigenvalue weighted by atomic mass is 10.0. The van der Waals surface area contributed by atoms with E-state index in [2.05, 4.69) is 5.32 Å². The van der Waals surface area contributed by atoms with E-state index in [0.717, 1.165) is 0 Å². The number of nitro groups is 1. The largest absolute Gasteiger partial charge is 0.319 e. The molecule has 0 radical (unpaired) electrons. The average Bonchev–Trinajstić information content (AvgIpc) is 2.69. The summed E-state index contributed by atoms with van der Waals surface area (Å²) in [5.41, 5.74) is 1.61. The second-order valence-corrected chi connectivity index (χ2v) is 5.71. The number of amides is 1. The predicted molar refractivity (Wildman–Crippen MR) is 102 cm³/mol. The maximum Gasteiger partial charge on any atom is 0.269 e. The molecule has 0 saturated carbocycles. The van der Waals surface area contributed by atoms with Crippen LogP contribution in [0.2, 0.25) is 0 Å². The minimum absolute atomic E-state index is 0.0378. The number of nitrogens with zero attached hydrogens (tertiary/aromatic N) is 1. The number of benzene rings is 3. The van der Waals surface area contributed by atoms with Gasteiger partial charge in [0.1, 0.15) is 5.82 Å². The predicted octanol–water partition coefficient (Wildman–Crippen LogP) is 4.91. The third-order valence-electron chi connectivity index (χ3n) is 3.87. The summed E-state index contributed by atoms with van der Waals surface area (Å²) in [6.45, 7) is 0.